The van der Waals surface area contributed by atoms with Gasteiger partial charge in [0.05, 0.1) is 0 Å². The Morgan fingerprint density at radius 2 is 1.71 bits per heavy atom. The van der Waals surface area contributed by atoms with Crippen molar-refractivity contribution >= 4 is 17.7 Å². The van der Waals surface area contributed by atoms with Gasteiger partial charge in [-0.25, -0.2) is 0 Å². The van der Waals surface area contributed by atoms with Crippen molar-refractivity contribution in [1.82, 2.24) is 15.2 Å². The molecule has 2 unspecified atom stereocenters. The number of pyridine rings is 1. The topological polar surface area (TPSA) is 45.2 Å². The van der Waals surface area contributed by atoms with E-state index in [9.17, 15) is 4.79 Å². The van der Waals surface area contributed by atoms with Gasteiger partial charge in [-0.2, -0.15) is 0 Å². The first kappa shape index (κ1) is 20.3. The summed E-state index contributed by atoms with van der Waals surface area (Å²) >= 11 is 1.71. The molecule has 4 nitrogen and oxygen atoms in total. The van der Waals surface area contributed by atoms with Crippen LogP contribution in [0, 0.1) is 5.92 Å². The van der Waals surface area contributed by atoms with Crippen LogP contribution in [0.5, 0.6) is 0 Å². The summed E-state index contributed by atoms with van der Waals surface area (Å²) in [7, 11) is 0. The minimum Gasteiger partial charge on any atom is -0.347 e. The van der Waals surface area contributed by atoms with E-state index in [2.05, 4.69) is 33.4 Å². The van der Waals surface area contributed by atoms with Crippen LogP contribution in [0.25, 0.3) is 0 Å². The highest BCUT2D eigenvalue weighted by atomic mass is 32.2. The lowest BCUT2D eigenvalue weighted by Gasteiger charge is -2.51. The van der Waals surface area contributed by atoms with Crippen molar-refractivity contribution in [1.29, 1.82) is 0 Å². The number of hydrogen-bond acceptors (Lipinski definition) is 4. The van der Waals surface area contributed by atoms with Crippen LogP contribution in [0.1, 0.15) is 28.8 Å². The second-order valence-electron chi connectivity index (χ2n) is 8.44. The maximum atomic E-state index is 13.1. The van der Waals surface area contributed by atoms with Gasteiger partial charge in [-0.3, -0.25) is 14.7 Å². The molecule has 3 fully saturated rings. The highest BCUT2D eigenvalue weighted by Gasteiger charge is 2.42. The van der Waals surface area contributed by atoms with E-state index < -0.39 is 0 Å². The highest BCUT2D eigenvalue weighted by Crippen LogP contribution is 2.34. The van der Waals surface area contributed by atoms with Crippen molar-refractivity contribution in [3.63, 3.8) is 0 Å². The van der Waals surface area contributed by atoms with Crippen molar-refractivity contribution in [2.75, 3.05) is 13.1 Å². The molecule has 0 aliphatic carbocycles. The van der Waals surface area contributed by atoms with E-state index in [1.807, 2.05) is 60.9 Å². The first-order valence-corrected chi connectivity index (χ1v) is 11.8. The van der Waals surface area contributed by atoms with Crippen LogP contribution in [0.4, 0.5) is 0 Å². The van der Waals surface area contributed by atoms with E-state index in [4.69, 9.17) is 0 Å². The standard InChI is InChI=1S/C26H27N3OS/c30-26(21-8-10-23(11-9-21)31-22-6-2-1-3-7-22)28-25-20-12-15-29(16-13-20)24(25)17-19-5-4-14-27-18-19/h1-11,14,18,20,24-25H,12-13,15-17H2,(H,28,30). The molecule has 2 aromatic carbocycles. The number of benzene rings is 2. The summed E-state index contributed by atoms with van der Waals surface area (Å²) in [5, 5.41) is 3.40. The molecule has 3 aliphatic rings. The third-order valence-corrected chi connectivity index (χ3v) is 7.54. The predicted octanol–water partition coefficient (Wildman–Crippen LogP) is 4.67. The summed E-state index contributed by atoms with van der Waals surface area (Å²) < 4.78 is 0. The van der Waals surface area contributed by atoms with Crippen molar-refractivity contribution in [2.24, 2.45) is 5.92 Å². The highest BCUT2D eigenvalue weighted by molar-refractivity contribution is 7.99. The Morgan fingerprint density at radius 1 is 0.968 bits per heavy atom. The molecule has 1 N–H and O–H groups in total. The Bertz CT molecular complexity index is 1000. The normalized spacial score (nSPS) is 24.6. The van der Waals surface area contributed by atoms with E-state index in [0.717, 1.165) is 30.0 Å². The molecule has 1 amide bonds. The maximum absolute atomic E-state index is 13.1. The summed E-state index contributed by atoms with van der Waals surface area (Å²) in [5.41, 5.74) is 1.97. The van der Waals surface area contributed by atoms with Gasteiger partial charge >= 0.3 is 0 Å². The maximum Gasteiger partial charge on any atom is 0.251 e. The number of nitrogens with zero attached hydrogens (tertiary/aromatic N) is 2. The van der Waals surface area contributed by atoms with Gasteiger partial charge in [0, 0.05) is 39.8 Å². The third-order valence-electron chi connectivity index (χ3n) is 6.53. The molecule has 3 saturated heterocycles. The average Bonchev–Trinajstić information content (AvgIpc) is 2.83. The molecular formula is C26H27N3OS. The number of amides is 1. The molecule has 4 heterocycles. The Hall–Kier alpha value is -2.63. The summed E-state index contributed by atoms with van der Waals surface area (Å²) in [6.45, 7) is 2.26. The summed E-state index contributed by atoms with van der Waals surface area (Å²) in [5.74, 6) is 0.592. The van der Waals surface area contributed by atoms with E-state index in [1.165, 1.54) is 23.3 Å². The fraction of sp³-hybridized carbons (Fsp3) is 0.308. The number of nitrogens with one attached hydrogen (secondary N) is 1. The molecule has 1 aromatic heterocycles. The van der Waals surface area contributed by atoms with Gasteiger partial charge in [-0.1, -0.05) is 36.0 Å². The van der Waals surface area contributed by atoms with E-state index >= 15 is 0 Å². The molecule has 2 bridgehead atoms. The van der Waals surface area contributed by atoms with E-state index in [0.29, 0.717) is 12.0 Å². The van der Waals surface area contributed by atoms with Crippen molar-refractivity contribution in [3.8, 4) is 0 Å². The second-order valence-corrected chi connectivity index (χ2v) is 9.59. The van der Waals surface area contributed by atoms with Crippen molar-refractivity contribution in [3.05, 3.63) is 90.3 Å². The van der Waals surface area contributed by atoms with Crippen molar-refractivity contribution in [2.45, 2.75) is 41.1 Å². The molecule has 0 spiro atoms. The lowest BCUT2D eigenvalue weighted by Crippen LogP contribution is -2.64. The number of carbonyl (C=O) groups is 1. The Morgan fingerprint density at radius 3 is 2.42 bits per heavy atom. The van der Waals surface area contributed by atoms with Crippen LogP contribution in [0.2, 0.25) is 0 Å². The SMILES string of the molecule is O=C(NC1C2CCN(CC2)C1Cc1cccnc1)c1ccc(Sc2ccccc2)cc1. The number of rotatable bonds is 6. The zero-order valence-corrected chi connectivity index (χ0v) is 18.3. The molecule has 3 aliphatic heterocycles. The molecule has 0 radical (unpaired) electrons. The van der Waals surface area contributed by atoms with Crippen molar-refractivity contribution < 1.29 is 4.79 Å². The fourth-order valence-electron chi connectivity index (χ4n) is 4.92. The lowest BCUT2D eigenvalue weighted by atomic mass is 9.76. The molecule has 158 valence electrons. The molecule has 3 aromatic rings. The minimum atomic E-state index is 0.0335. The van der Waals surface area contributed by atoms with Crippen LogP contribution >= 0.6 is 11.8 Å². The van der Waals surface area contributed by atoms with Crippen LogP contribution < -0.4 is 5.32 Å². The Kier molecular flexibility index (Phi) is 6.05. The molecular weight excluding hydrogens is 402 g/mol. The Balaban J connectivity index is 1.28. The van der Waals surface area contributed by atoms with Crippen LogP contribution in [0.15, 0.2) is 88.9 Å². The predicted molar refractivity (Wildman–Crippen MR) is 124 cm³/mol. The number of piperidine rings is 3. The molecule has 6 rings (SSSR count). The van der Waals surface area contributed by atoms with Gasteiger partial charge in [-0.05, 0) is 86.3 Å². The Labute approximate surface area is 188 Å². The van der Waals surface area contributed by atoms with E-state index in [-0.39, 0.29) is 11.9 Å². The molecule has 2 atom stereocenters. The zero-order chi connectivity index (χ0) is 21.0. The largest absolute Gasteiger partial charge is 0.347 e. The quantitative estimate of drug-likeness (QED) is 0.619. The van der Waals surface area contributed by atoms with Gasteiger partial charge < -0.3 is 5.32 Å². The number of fused-ring (bicyclic) bond motifs is 3. The fourth-order valence-corrected chi connectivity index (χ4v) is 5.75. The lowest BCUT2D eigenvalue weighted by molar-refractivity contribution is 0.0136. The number of aromatic nitrogens is 1. The zero-order valence-electron chi connectivity index (χ0n) is 17.5. The van der Waals surface area contributed by atoms with Crippen LogP contribution in [-0.2, 0) is 6.42 Å². The minimum absolute atomic E-state index is 0.0335. The smallest absolute Gasteiger partial charge is 0.251 e. The van der Waals surface area contributed by atoms with Gasteiger partial charge in [0.15, 0.2) is 0 Å². The van der Waals surface area contributed by atoms with Gasteiger partial charge in [0.25, 0.3) is 5.91 Å². The first-order chi connectivity index (χ1) is 15.3. The summed E-state index contributed by atoms with van der Waals surface area (Å²) in [6, 6.07) is 22.9. The molecule has 31 heavy (non-hydrogen) atoms. The van der Waals surface area contributed by atoms with Crippen LogP contribution in [0.3, 0.4) is 0 Å². The van der Waals surface area contributed by atoms with Gasteiger partial charge in [-0.15, -0.1) is 0 Å². The van der Waals surface area contributed by atoms with Gasteiger partial charge in [0.1, 0.15) is 0 Å². The molecule has 0 saturated carbocycles. The van der Waals surface area contributed by atoms with Crippen LogP contribution in [-0.4, -0.2) is 41.0 Å². The van der Waals surface area contributed by atoms with E-state index in [1.54, 1.807) is 11.8 Å². The van der Waals surface area contributed by atoms with Gasteiger partial charge in [0.2, 0.25) is 0 Å². The number of carbonyl (C=O) groups excluding carboxylic acids is 1. The third kappa shape index (κ3) is 4.68. The average molecular weight is 430 g/mol. The summed E-state index contributed by atoms with van der Waals surface area (Å²) in [4.78, 5) is 22.3. The second kappa shape index (κ2) is 9.25. The molecule has 5 heteroatoms. The first-order valence-electron chi connectivity index (χ1n) is 11.0. The summed E-state index contributed by atoms with van der Waals surface area (Å²) in [6.07, 6.45) is 7.03. The number of hydrogen-bond donors (Lipinski definition) is 1. The monoisotopic (exact) mass is 429 g/mol.